The molecule has 96 valence electrons. The van der Waals surface area contributed by atoms with Gasteiger partial charge < -0.3 is 15.4 Å². The van der Waals surface area contributed by atoms with Crippen molar-refractivity contribution in [2.45, 2.75) is 6.92 Å². The Labute approximate surface area is 112 Å². The Balaban J connectivity index is 1.90. The van der Waals surface area contributed by atoms with Crippen LogP contribution in [0.2, 0.25) is 0 Å². The predicted molar refractivity (Wildman–Crippen MR) is 73.2 cm³/mol. The van der Waals surface area contributed by atoms with Gasteiger partial charge >= 0.3 is 0 Å². The van der Waals surface area contributed by atoms with Gasteiger partial charge in [-0.05, 0) is 6.92 Å². The Hall–Kier alpha value is -1.25. The van der Waals surface area contributed by atoms with Crippen LogP contribution in [0.4, 0.5) is 10.3 Å². The zero-order valence-electron chi connectivity index (χ0n) is 9.92. The highest BCUT2D eigenvalue weighted by molar-refractivity contribution is 7.25. The minimum Gasteiger partial charge on any atom is -0.378 e. The fourth-order valence-electron chi connectivity index (χ4n) is 1.80. The molecule has 1 aliphatic rings. The second kappa shape index (κ2) is 4.79. The molecule has 1 fully saturated rings. The molecule has 1 aliphatic heterocycles. The van der Waals surface area contributed by atoms with Crippen molar-refractivity contribution >= 4 is 32.9 Å². The highest BCUT2D eigenvalue weighted by Crippen LogP contribution is 2.36. The minimum absolute atomic E-state index is 0.491. The van der Waals surface area contributed by atoms with Crippen molar-refractivity contribution in [2.24, 2.45) is 0 Å². The molecule has 2 aromatic rings. The maximum absolute atomic E-state index is 5.62. The van der Waals surface area contributed by atoms with E-state index in [1.165, 1.54) is 11.3 Å². The van der Waals surface area contributed by atoms with Gasteiger partial charge in [-0.1, -0.05) is 22.7 Å². The number of nitrogen functional groups attached to an aromatic ring is 1. The summed E-state index contributed by atoms with van der Waals surface area (Å²) in [5, 5.41) is 10.3. The fourth-order valence-corrected chi connectivity index (χ4v) is 3.65. The second-order valence-corrected chi connectivity index (χ2v) is 5.94. The van der Waals surface area contributed by atoms with Gasteiger partial charge in [0, 0.05) is 13.1 Å². The number of ether oxygens (including phenoxy) is 1. The fraction of sp³-hybridized carbons (Fsp3) is 0.500. The van der Waals surface area contributed by atoms with E-state index in [1.807, 2.05) is 6.92 Å². The van der Waals surface area contributed by atoms with Crippen molar-refractivity contribution in [3.05, 3.63) is 5.69 Å². The molecule has 0 aliphatic carbocycles. The third-order valence-corrected chi connectivity index (χ3v) is 4.83. The third kappa shape index (κ3) is 2.18. The first kappa shape index (κ1) is 11.8. The van der Waals surface area contributed by atoms with Crippen LogP contribution >= 0.6 is 22.7 Å². The SMILES string of the molecule is Cc1nc(N2CCOCC2)sc1-c1nnc(N)s1. The first-order valence-corrected chi connectivity index (χ1v) is 7.27. The van der Waals surface area contributed by atoms with E-state index >= 15 is 0 Å². The number of aryl methyl sites for hydroxylation is 1. The maximum Gasteiger partial charge on any atom is 0.203 e. The molecule has 0 bridgehead atoms. The first-order chi connectivity index (χ1) is 8.74. The van der Waals surface area contributed by atoms with Crippen LogP contribution in [-0.2, 0) is 4.74 Å². The van der Waals surface area contributed by atoms with Gasteiger partial charge in [0.25, 0.3) is 0 Å². The van der Waals surface area contributed by atoms with Crippen LogP contribution in [0.3, 0.4) is 0 Å². The molecule has 2 aromatic heterocycles. The van der Waals surface area contributed by atoms with Crippen LogP contribution in [0, 0.1) is 6.92 Å². The van der Waals surface area contributed by atoms with E-state index < -0.39 is 0 Å². The first-order valence-electron chi connectivity index (χ1n) is 5.63. The van der Waals surface area contributed by atoms with E-state index in [4.69, 9.17) is 10.5 Å². The molecule has 1 saturated heterocycles. The van der Waals surface area contributed by atoms with Gasteiger partial charge in [-0.3, -0.25) is 0 Å². The highest BCUT2D eigenvalue weighted by atomic mass is 32.1. The smallest absolute Gasteiger partial charge is 0.203 e. The maximum atomic E-state index is 5.62. The molecule has 3 heterocycles. The molecule has 18 heavy (non-hydrogen) atoms. The molecule has 0 saturated carbocycles. The number of morpholine rings is 1. The Morgan fingerprint density at radius 2 is 2.00 bits per heavy atom. The van der Waals surface area contributed by atoms with Crippen LogP contribution in [0.15, 0.2) is 0 Å². The Kier molecular flexibility index (Phi) is 3.14. The quantitative estimate of drug-likeness (QED) is 0.897. The Morgan fingerprint density at radius 3 is 2.67 bits per heavy atom. The molecular weight excluding hydrogens is 270 g/mol. The van der Waals surface area contributed by atoms with Crippen molar-refractivity contribution < 1.29 is 4.74 Å². The number of aromatic nitrogens is 3. The molecule has 0 spiro atoms. The number of hydrogen-bond acceptors (Lipinski definition) is 8. The lowest BCUT2D eigenvalue weighted by molar-refractivity contribution is 0.122. The summed E-state index contributed by atoms with van der Waals surface area (Å²) < 4.78 is 5.34. The average molecular weight is 283 g/mol. The lowest BCUT2D eigenvalue weighted by atomic mass is 10.4. The van der Waals surface area contributed by atoms with Crippen molar-refractivity contribution in [3.63, 3.8) is 0 Å². The van der Waals surface area contributed by atoms with Crippen LogP contribution < -0.4 is 10.6 Å². The largest absolute Gasteiger partial charge is 0.378 e. The van der Waals surface area contributed by atoms with Crippen molar-refractivity contribution in [3.8, 4) is 9.88 Å². The topological polar surface area (TPSA) is 77.2 Å². The molecule has 0 amide bonds. The summed E-state index contributed by atoms with van der Waals surface area (Å²) in [5.41, 5.74) is 6.60. The number of nitrogens with zero attached hydrogens (tertiary/aromatic N) is 4. The van der Waals surface area contributed by atoms with Gasteiger partial charge in [-0.25, -0.2) is 4.98 Å². The van der Waals surface area contributed by atoms with Crippen molar-refractivity contribution in [1.82, 2.24) is 15.2 Å². The monoisotopic (exact) mass is 283 g/mol. The van der Waals surface area contributed by atoms with Crippen LogP contribution in [0.25, 0.3) is 9.88 Å². The van der Waals surface area contributed by atoms with Crippen LogP contribution in [0.1, 0.15) is 5.69 Å². The van der Waals surface area contributed by atoms with Crippen LogP contribution in [-0.4, -0.2) is 41.5 Å². The highest BCUT2D eigenvalue weighted by Gasteiger charge is 2.19. The third-order valence-electron chi connectivity index (χ3n) is 2.70. The minimum atomic E-state index is 0.491. The second-order valence-electron chi connectivity index (χ2n) is 3.96. The molecule has 6 nitrogen and oxygen atoms in total. The van der Waals surface area contributed by atoms with E-state index in [0.29, 0.717) is 5.13 Å². The van der Waals surface area contributed by atoms with Gasteiger partial charge in [0.1, 0.15) is 0 Å². The van der Waals surface area contributed by atoms with Crippen molar-refractivity contribution in [2.75, 3.05) is 36.9 Å². The van der Waals surface area contributed by atoms with Gasteiger partial charge in [-0.15, -0.1) is 10.2 Å². The molecule has 0 aromatic carbocycles. The lowest BCUT2D eigenvalue weighted by Crippen LogP contribution is -2.36. The summed E-state index contributed by atoms with van der Waals surface area (Å²) in [6, 6.07) is 0. The van der Waals surface area contributed by atoms with Gasteiger partial charge in [0.2, 0.25) is 5.13 Å². The summed E-state index contributed by atoms with van der Waals surface area (Å²) in [7, 11) is 0. The van der Waals surface area contributed by atoms with E-state index in [1.54, 1.807) is 11.3 Å². The molecule has 3 rings (SSSR count). The number of thiazole rings is 1. The Morgan fingerprint density at radius 1 is 1.22 bits per heavy atom. The van der Waals surface area contributed by atoms with Gasteiger partial charge in [0.15, 0.2) is 10.1 Å². The summed E-state index contributed by atoms with van der Waals surface area (Å²) in [6.07, 6.45) is 0. The number of anilines is 2. The summed E-state index contributed by atoms with van der Waals surface area (Å²) in [6.45, 7) is 5.31. The predicted octanol–water partition coefficient (Wildman–Crippen LogP) is 1.39. The number of hydrogen-bond donors (Lipinski definition) is 1. The molecular formula is C10H13N5OS2. The molecule has 0 unspecified atom stereocenters. The lowest BCUT2D eigenvalue weighted by Gasteiger charge is -2.25. The van der Waals surface area contributed by atoms with E-state index in [0.717, 1.165) is 47.0 Å². The molecule has 2 N–H and O–H groups in total. The van der Waals surface area contributed by atoms with E-state index in [2.05, 4.69) is 20.1 Å². The summed E-state index contributed by atoms with van der Waals surface area (Å²) >= 11 is 3.04. The molecule has 0 atom stereocenters. The molecule has 8 heteroatoms. The van der Waals surface area contributed by atoms with Crippen LogP contribution in [0.5, 0.6) is 0 Å². The zero-order valence-corrected chi connectivity index (χ0v) is 11.6. The van der Waals surface area contributed by atoms with Gasteiger partial charge in [0.05, 0.1) is 23.8 Å². The zero-order chi connectivity index (χ0) is 12.5. The van der Waals surface area contributed by atoms with Gasteiger partial charge in [-0.2, -0.15) is 0 Å². The Bertz CT molecular complexity index is 546. The normalized spacial score (nSPS) is 16.2. The van der Waals surface area contributed by atoms with E-state index in [9.17, 15) is 0 Å². The number of nitrogens with two attached hydrogens (primary N) is 1. The van der Waals surface area contributed by atoms with E-state index in [-0.39, 0.29) is 0 Å². The number of rotatable bonds is 2. The average Bonchev–Trinajstić information content (AvgIpc) is 2.97. The molecule has 0 radical (unpaired) electrons. The summed E-state index contributed by atoms with van der Waals surface area (Å²) in [5.74, 6) is 0. The standard InChI is InChI=1S/C10H13N5OS2/c1-6-7(8-13-14-9(11)18-8)17-10(12-6)15-2-4-16-5-3-15/h2-5H2,1H3,(H2,11,14). The summed E-state index contributed by atoms with van der Waals surface area (Å²) in [4.78, 5) is 7.91. The van der Waals surface area contributed by atoms with Crippen molar-refractivity contribution in [1.29, 1.82) is 0 Å².